The second-order valence-corrected chi connectivity index (χ2v) is 5.96. The second-order valence-electron chi connectivity index (χ2n) is 5.59. The van der Waals surface area contributed by atoms with Crippen LogP contribution in [0.15, 0.2) is 30.6 Å². The van der Waals surface area contributed by atoms with Gasteiger partial charge in [-0.2, -0.15) is 0 Å². The van der Waals surface area contributed by atoms with Gasteiger partial charge < -0.3 is 14.4 Å². The van der Waals surface area contributed by atoms with Gasteiger partial charge in [-0.05, 0) is 17.7 Å². The minimum absolute atomic E-state index is 0.591. The first kappa shape index (κ1) is 16.8. The van der Waals surface area contributed by atoms with E-state index < -0.39 is 0 Å². The molecule has 1 aliphatic heterocycles. The van der Waals surface area contributed by atoms with Crippen LogP contribution in [0.1, 0.15) is 5.56 Å². The standard InChI is InChI=1S/C17H21ClN4O2/c1-23-14-5-4-13(15(18)16(14)24-2)12-21-8-10-22(11-9-21)17-19-6-3-7-20-17/h3-7H,8-12H2,1-2H3. The quantitative estimate of drug-likeness (QED) is 0.827. The van der Waals surface area contributed by atoms with Gasteiger partial charge in [-0.1, -0.05) is 17.7 Å². The molecule has 1 fully saturated rings. The first-order valence-corrected chi connectivity index (χ1v) is 8.24. The zero-order chi connectivity index (χ0) is 16.9. The van der Waals surface area contributed by atoms with Crippen LogP contribution >= 0.6 is 11.6 Å². The molecule has 2 heterocycles. The number of anilines is 1. The third kappa shape index (κ3) is 3.55. The minimum Gasteiger partial charge on any atom is -0.493 e. The lowest BCUT2D eigenvalue weighted by Gasteiger charge is -2.34. The van der Waals surface area contributed by atoms with Gasteiger partial charge in [0.05, 0.1) is 19.2 Å². The van der Waals surface area contributed by atoms with E-state index in [9.17, 15) is 0 Å². The largest absolute Gasteiger partial charge is 0.493 e. The molecule has 24 heavy (non-hydrogen) atoms. The third-order valence-electron chi connectivity index (χ3n) is 4.17. The normalized spacial score (nSPS) is 15.4. The summed E-state index contributed by atoms with van der Waals surface area (Å²) in [4.78, 5) is 13.2. The minimum atomic E-state index is 0.591. The molecule has 0 aliphatic carbocycles. The molecule has 0 N–H and O–H groups in total. The van der Waals surface area contributed by atoms with Gasteiger partial charge in [0.2, 0.25) is 5.95 Å². The van der Waals surface area contributed by atoms with Crippen molar-refractivity contribution >= 4 is 17.5 Å². The SMILES string of the molecule is COc1ccc(CN2CCN(c3ncccn3)CC2)c(Cl)c1OC. The fourth-order valence-corrected chi connectivity index (χ4v) is 3.15. The van der Waals surface area contributed by atoms with Crippen LogP contribution < -0.4 is 14.4 Å². The molecule has 1 aliphatic rings. The van der Waals surface area contributed by atoms with Gasteiger partial charge in [0.15, 0.2) is 11.5 Å². The molecule has 0 spiro atoms. The summed E-state index contributed by atoms with van der Waals surface area (Å²) in [5.74, 6) is 2.03. The van der Waals surface area contributed by atoms with Crippen molar-refractivity contribution in [1.29, 1.82) is 0 Å². The third-order valence-corrected chi connectivity index (χ3v) is 4.58. The Morgan fingerprint density at radius 1 is 1.04 bits per heavy atom. The number of ether oxygens (including phenoxy) is 2. The van der Waals surface area contributed by atoms with Crippen LogP contribution in [0.25, 0.3) is 0 Å². The van der Waals surface area contributed by atoms with E-state index in [1.165, 1.54) is 0 Å². The Bertz CT molecular complexity index is 676. The summed E-state index contributed by atoms with van der Waals surface area (Å²) in [6, 6.07) is 5.73. The number of aromatic nitrogens is 2. The number of nitrogens with zero attached hydrogens (tertiary/aromatic N) is 4. The highest BCUT2D eigenvalue weighted by Gasteiger charge is 2.21. The molecule has 6 nitrogen and oxygen atoms in total. The molecule has 0 atom stereocenters. The maximum Gasteiger partial charge on any atom is 0.225 e. The first-order chi connectivity index (χ1) is 11.7. The van der Waals surface area contributed by atoms with Crippen molar-refractivity contribution in [1.82, 2.24) is 14.9 Å². The predicted molar refractivity (Wildman–Crippen MR) is 94.1 cm³/mol. The number of hydrogen-bond donors (Lipinski definition) is 0. The lowest BCUT2D eigenvalue weighted by molar-refractivity contribution is 0.248. The lowest BCUT2D eigenvalue weighted by Crippen LogP contribution is -2.46. The average Bonchev–Trinajstić information content (AvgIpc) is 2.64. The first-order valence-electron chi connectivity index (χ1n) is 7.86. The summed E-state index contributed by atoms with van der Waals surface area (Å²) >= 11 is 6.47. The van der Waals surface area contributed by atoms with Crippen molar-refractivity contribution in [3.05, 3.63) is 41.2 Å². The Hall–Kier alpha value is -2.05. The van der Waals surface area contributed by atoms with Crippen molar-refractivity contribution in [2.75, 3.05) is 45.3 Å². The predicted octanol–water partition coefficient (Wildman–Crippen LogP) is 2.47. The Balaban J connectivity index is 1.64. The van der Waals surface area contributed by atoms with E-state index in [0.29, 0.717) is 16.5 Å². The van der Waals surface area contributed by atoms with Crippen molar-refractivity contribution in [2.24, 2.45) is 0 Å². The molecule has 1 aromatic carbocycles. The summed E-state index contributed by atoms with van der Waals surface area (Å²) < 4.78 is 10.7. The highest BCUT2D eigenvalue weighted by atomic mass is 35.5. The smallest absolute Gasteiger partial charge is 0.225 e. The molecule has 0 saturated carbocycles. The van der Waals surface area contributed by atoms with Crippen LogP contribution in [0.2, 0.25) is 5.02 Å². The summed E-state index contributed by atoms with van der Waals surface area (Å²) in [5.41, 5.74) is 1.04. The van der Waals surface area contributed by atoms with Crippen LogP contribution in [0.3, 0.4) is 0 Å². The molecular weight excluding hydrogens is 328 g/mol. The maximum absolute atomic E-state index is 6.47. The van der Waals surface area contributed by atoms with Gasteiger partial charge in [0.25, 0.3) is 0 Å². The van der Waals surface area contributed by atoms with E-state index in [1.54, 1.807) is 26.6 Å². The number of rotatable bonds is 5. The van der Waals surface area contributed by atoms with Crippen molar-refractivity contribution in [3.8, 4) is 11.5 Å². The van der Waals surface area contributed by atoms with E-state index in [-0.39, 0.29) is 0 Å². The Labute approximate surface area is 147 Å². The molecule has 3 rings (SSSR count). The fourth-order valence-electron chi connectivity index (χ4n) is 2.85. The van der Waals surface area contributed by atoms with Crippen molar-refractivity contribution < 1.29 is 9.47 Å². The van der Waals surface area contributed by atoms with Crippen LogP contribution in [-0.4, -0.2) is 55.3 Å². The number of piperazine rings is 1. The summed E-state index contributed by atoms with van der Waals surface area (Å²) in [6.07, 6.45) is 3.55. The van der Waals surface area contributed by atoms with Crippen LogP contribution in [0.5, 0.6) is 11.5 Å². The van der Waals surface area contributed by atoms with E-state index in [2.05, 4.69) is 19.8 Å². The zero-order valence-corrected chi connectivity index (χ0v) is 14.7. The van der Waals surface area contributed by atoms with Crippen molar-refractivity contribution in [2.45, 2.75) is 6.54 Å². The summed E-state index contributed by atoms with van der Waals surface area (Å²) in [6.45, 7) is 4.44. The van der Waals surface area contributed by atoms with Gasteiger partial charge in [0, 0.05) is 45.1 Å². The van der Waals surface area contributed by atoms with Gasteiger partial charge in [0.1, 0.15) is 0 Å². The van der Waals surface area contributed by atoms with E-state index in [1.807, 2.05) is 18.2 Å². The molecule has 0 amide bonds. The fraction of sp³-hybridized carbons (Fsp3) is 0.412. The highest BCUT2D eigenvalue weighted by molar-refractivity contribution is 6.33. The topological polar surface area (TPSA) is 50.7 Å². The molecule has 0 unspecified atom stereocenters. The Morgan fingerprint density at radius 2 is 1.75 bits per heavy atom. The van der Waals surface area contributed by atoms with Gasteiger partial charge >= 0.3 is 0 Å². The summed E-state index contributed by atoms with van der Waals surface area (Å²) in [5, 5.41) is 0.616. The molecular formula is C17H21ClN4O2. The van der Waals surface area contributed by atoms with Crippen LogP contribution in [-0.2, 0) is 6.54 Å². The number of hydrogen-bond acceptors (Lipinski definition) is 6. The number of halogens is 1. The highest BCUT2D eigenvalue weighted by Crippen LogP contribution is 2.37. The van der Waals surface area contributed by atoms with Crippen LogP contribution in [0.4, 0.5) is 5.95 Å². The van der Waals surface area contributed by atoms with E-state index >= 15 is 0 Å². The summed E-state index contributed by atoms with van der Waals surface area (Å²) in [7, 11) is 3.21. The molecule has 0 radical (unpaired) electrons. The van der Waals surface area contributed by atoms with E-state index in [0.717, 1.165) is 44.2 Å². The van der Waals surface area contributed by atoms with Crippen LogP contribution in [0, 0.1) is 0 Å². The zero-order valence-electron chi connectivity index (χ0n) is 13.9. The van der Waals surface area contributed by atoms with Crippen molar-refractivity contribution in [3.63, 3.8) is 0 Å². The lowest BCUT2D eigenvalue weighted by atomic mass is 10.1. The van der Waals surface area contributed by atoms with Gasteiger partial charge in [-0.15, -0.1) is 0 Å². The Kier molecular flexibility index (Phi) is 5.37. The van der Waals surface area contributed by atoms with Gasteiger partial charge in [-0.25, -0.2) is 9.97 Å². The molecule has 2 aromatic rings. The number of methoxy groups -OCH3 is 2. The Morgan fingerprint density at radius 3 is 2.38 bits per heavy atom. The average molecular weight is 349 g/mol. The second kappa shape index (κ2) is 7.68. The van der Waals surface area contributed by atoms with E-state index in [4.69, 9.17) is 21.1 Å². The monoisotopic (exact) mass is 348 g/mol. The maximum atomic E-state index is 6.47. The molecule has 128 valence electrons. The molecule has 0 bridgehead atoms. The molecule has 1 saturated heterocycles. The molecule has 1 aromatic heterocycles. The van der Waals surface area contributed by atoms with Gasteiger partial charge in [-0.3, -0.25) is 4.90 Å². The molecule has 7 heteroatoms. The number of benzene rings is 1.